The van der Waals surface area contributed by atoms with E-state index in [4.69, 9.17) is 5.73 Å². The molecule has 0 saturated heterocycles. The normalized spacial score (nSPS) is 18.4. The minimum absolute atomic E-state index is 0.112. The van der Waals surface area contributed by atoms with Crippen molar-refractivity contribution in [1.82, 2.24) is 15.2 Å². The monoisotopic (exact) mass is 282 g/mol. The quantitative estimate of drug-likeness (QED) is 0.827. The summed E-state index contributed by atoms with van der Waals surface area (Å²) < 4.78 is 0. The van der Waals surface area contributed by atoms with Crippen LogP contribution in [-0.2, 0) is 0 Å². The van der Waals surface area contributed by atoms with Gasteiger partial charge in [0.25, 0.3) is 5.91 Å². The SMILES string of the molecule is CC(N)c1nc(C(=O)NCC(C)N(C)C2CC2)cs1. The fraction of sp³-hybridized carbons (Fsp3) is 0.692. The van der Waals surface area contributed by atoms with Crippen LogP contribution in [0.3, 0.4) is 0 Å². The van der Waals surface area contributed by atoms with Gasteiger partial charge in [0.05, 0.1) is 6.04 Å². The van der Waals surface area contributed by atoms with Gasteiger partial charge in [-0.25, -0.2) is 4.98 Å². The molecule has 6 heteroatoms. The third-order valence-corrected chi connectivity index (χ3v) is 4.57. The largest absolute Gasteiger partial charge is 0.349 e. The van der Waals surface area contributed by atoms with Crippen molar-refractivity contribution in [1.29, 1.82) is 0 Å². The zero-order chi connectivity index (χ0) is 14.0. The molecular formula is C13H22N4OS. The first kappa shape index (κ1) is 14.4. The number of likely N-dealkylation sites (N-methyl/N-ethyl adjacent to an activating group) is 1. The van der Waals surface area contributed by atoms with Crippen LogP contribution in [0.1, 0.15) is 48.2 Å². The number of nitrogens with one attached hydrogen (secondary N) is 1. The molecule has 0 bridgehead atoms. The molecule has 5 nitrogen and oxygen atoms in total. The third kappa shape index (κ3) is 3.75. The smallest absolute Gasteiger partial charge is 0.270 e. The molecule has 1 aromatic heterocycles. The van der Waals surface area contributed by atoms with E-state index in [9.17, 15) is 4.79 Å². The summed E-state index contributed by atoms with van der Waals surface area (Å²) in [5, 5.41) is 5.50. The van der Waals surface area contributed by atoms with E-state index in [2.05, 4.69) is 29.2 Å². The topological polar surface area (TPSA) is 71.2 Å². The summed E-state index contributed by atoms with van der Waals surface area (Å²) in [5.41, 5.74) is 6.21. The van der Waals surface area contributed by atoms with Crippen LogP contribution in [0.15, 0.2) is 5.38 Å². The highest BCUT2D eigenvalue weighted by Crippen LogP contribution is 2.26. The molecular weight excluding hydrogens is 260 g/mol. The van der Waals surface area contributed by atoms with Crippen LogP contribution in [-0.4, -0.2) is 41.5 Å². The van der Waals surface area contributed by atoms with E-state index in [1.165, 1.54) is 24.2 Å². The maximum Gasteiger partial charge on any atom is 0.270 e. The van der Waals surface area contributed by atoms with Gasteiger partial charge in [0.1, 0.15) is 10.7 Å². The molecule has 1 aliphatic carbocycles. The summed E-state index contributed by atoms with van der Waals surface area (Å²) in [6, 6.07) is 0.935. The summed E-state index contributed by atoms with van der Waals surface area (Å²) in [6.07, 6.45) is 2.55. The van der Waals surface area contributed by atoms with Crippen molar-refractivity contribution in [3.63, 3.8) is 0 Å². The van der Waals surface area contributed by atoms with Crippen molar-refractivity contribution < 1.29 is 4.79 Å². The summed E-state index contributed by atoms with van der Waals surface area (Å²) in [7, 11) is 2.12. The number of rotatable bonds is 6. The van der Waals surface area contributed by atoms with Gasteiger partial charge < -0.3 is 11.1 Å². The first-order chi connectivity index (χ1) is 8.99. The number of aromatic nitrogens is 1. The number of amides is 1. The van der Waals surface area contributed by atoms with Gasteiger partial charge in [0.2, 0.25) is 0 Å². The number of nitrogens with zero attached hydrogens (tertiary/aromatic N) is 2. The Bertz CT molecular complexity index is 442. The van der Waals surface area contributed by atoms with Crippen LogP contribution >= 0.6 is 11.3 Å². The van der Waals surface area contributed by atoms with Crippen molar-refractivity contribution in [2.75, 3.05) is 13.6 Å². The van der Waals surface area contributed by atoms with E-state index in [0.717, 1.165) is 5.01 Å². The number of hydrogen-bond donors (Lipinski definition) is 2. The van der Waals surface area contributed by atoms with E-state index in [-0.39, 0.29) is 11.9 Å². The first-order valence-corrected chi connectivity index (χ1v) is 7.58. The predicted octanol–water partition coefficient (Wildman–Crippen LogP) is 1.38. The molecule has 0 radical (unpaired) electrons. The van der Waals surface area contributed by atoms with E-state index in [1.54, 1.807) is 5.38 Å². The van der Waals surface area contributed by atoms with Crippen LogP contribution in [0, 0.1) is 0 Å². The summed E-state index contributed by atoms with van der Waals surface area (Å²) in [5.74, 6) is -0.112. The third-order valence-electron chi connectivity index (χ3n) is 3.52. The minimum atomic E-state index is -0.119. The standard InChI is InChI=1S/C13H22N4OS/c1-8(17(3)10-4-5-10)6-15-12(18)11-7-19-13(16-11)9(2)14/h7-10H,4-6,14H2,1-3H3,(H,15,18). The van der Waals surface area contributed by atoms with Crippen molar-refractivity contribution in [3.8, 4) is 0 Å². The molecule has 0 aromatic carbocycles. The van der Waals surface area contributed by atoms with E-state index in [1.807, 2.05) is 6.92 Å². The molecule has 3 N–H and O–H groups in total. The highest BCUT2D eigenvalue weighted by molar-refractivity contribution is 7.09. The Balaban J connectivity index is 1.82. The van der Waals surface area contributed by atoms with Crippen LogP contribution in [0.2, 0.25) is 0 Å². The van der Waals surface area contributed by atoms with Gasteiger partial charge in [-0.15, -0.1) is 11.3 Å². The number of thiazole rings is 1. The maximum atomic E-state index is 12.0. The maximum absolute atomic E-state index is 12.0. The van der Waals surface area contributed by atoms with Crippen molar-refractivity contribution in [2.45, 2.75) is 44.8 Å². The highest BCUT2D eigenvalue weighted by Gasteiger charge is 2.29. The average Bonchev–Trinajstić information content (AvgIpc) is 3.10. The second kappa shape index (κ2) is 5.98. The Kier molecular flexibility index (Phi) is 4.54. The molecule has 1 aromatic rings. The number of nitrogens with two attached hydrogens (primary N) is 1. The predicted molar refractivity (Wildman–Crippen MR) is 77.3 cm³/mol. The lowest BCUT2D eigenvalue weighted by molar-refractivity contribution is 0.0935. The number of hydrogen-bond acceptors (Lipinski definition) is 5. The van der Waals surface area contributed by atoms with Crippen LogP contribution in [0.4, 0.5) is 0 Å². The molecule has 2 unspecified atom stereocenters. The van der Waals surface area contributed by atoms with Gasteiger partial charge in [-0.05, 0) is 33.7 Å². The van der Waals surface area contributed by atoms with Crippen LogP contribution < -0.4 is 11.1 Å². The van der Waals surface area contributed by atoms with E-state index >= 15 is 0 Å². The van der Waals surface area contributed by atoms with Gasteiger partial charge in [0.15, 0.2) is 0 Å². The Morgan fingerprint density at radius 2 is 2.32 bits per heavy atom. The van der Waals surface area contributed by atoms with Crippen LogP contribution in [0.5, 0.6) is 0 Å². The summed E-state index contributed by atoms with van der Waals surface area (Å²) >= 11 is 1.43. The molecule has 0 spiro atoms. The van der Waals surface area contributed by atoms with E-state index in [0.29, 0.717) is 24.3 Å². The lowest BCUT2D eigenvalue weighted by atomic mass is 10.3. The lowest BCUT2D eigenvalue weighted by Crippen LogP contribution is -2.41. The second-order valence-electron chi connectivity index (χ2n) is 5.32. The average molecular weight is 282 g/mol. The molecule has 1 fully saturated rings. The Labute approximate surface area is 118 Å². The minimum Gasteiger partial charge on any atom is -0.349 e. The van der Waals surface area contributed by atoms with Gasteiger partial charge in [0, 0.05) is 24.0 Å². The molecule has 2 atom stereocenters. The second-order valence-corrected chi connectivity index (χ2v) is 6.21. The zero-order valence-corrected chi connectivity index (χ0v) is 12.5. The fourth-order valence-electron chi connectivity index (χ4n) is 1.92. The van der Waals surface area contributed by atoms with Gasteiger partial charge in [-0.2, -0.15) is 0 Å². The fourth-order valence-corrected chi connectivity index (χ4v) is 2.68. The highest BCUT2D eigenvalue weighted by atomic mass is 32.1. The number of carbonyl (C=O) groups is 1. The van der Waals surface area contributed by atoms with Crippen molar-refractivity contribution in [3.05, 3.63) is 16.1 Å². The summed E-state index contributed by atoms with van der Waals surface area (Å²) in [6.45, 7) is 4.65. The molecule has 106 valence electrons. The Morgan fingerprint density at radius 1 is 1.63 bits per heavy atom. The van der Waals surface area contributed by atoms with Gasteiger partial charge in [-0.1, -0.05) is 0 Å². The molecule has 1 amide bonds. The summed E-state index contributed by atoms with van der Waals surface area (Å²) in [4.78, 5) is 18.5. The zero-order valence-electron chi connectivity index (χ0n) is 11.7. The Morgan fingerprint density at radius 3 is 2.84 bits per heavy atom. The van der Waals surface area contributed by atoms with Crippen molar-refractivity contribution >= 4 is 17.2 Å². The Hall–Kier alpha value is -0.980. The molecule has 1 aliphatic rings. The molecule has 0 aliphatic heterocycles. The van der Waals surface area contributed by atoms with Crippen molar-refractivity contribution in [2.24, 2.45) is 5.73 Å². The van der Waals surface area contributed by atoms with Crippen LogP contribution in [0.25, 0.3) is 0 Å². The molecule has 2 rings (SSSR count). The van der Waals surface area contributed by atoms with Gasteiger partial charge in [-0.3, -0.25) is 9.69 Å². The molecule has 19 heavy (non-hydrogen) atoms. The lowest BCUT2D eigenvalue weighted by Gasteiger charge is -2.24. The van der Waals surface area contributed by atoms with E-state index < -0.39 is 0 Å². The number of carbonyl (C=O) groups excluding carboxylic acids is 1. The van der Waals surface area contributed by atoms with Gasteiger partial charge >= 0.3 is 0 Å². The molecule has 1 heterocycles. The first-order valence-electron chi connectivity index (χ1n) is 6.70. The molecule has 1 saturated carbocycles.